The van der Waals surface area contributed by atoms with E-state index >= 15 is 0 Å². The molecule has 148 valence electrons. The second-order valence-corrected chi connectivity index (χ2v) is 9.77. The van der Waals surface area contributed by atoms with Crippen LogP contribution in [0.25, 0.3) is 0 Å². The van der Waals surface area contributed by atoms with E-state index in [4.69, 9.17) is 13.7 Å². The van der Waals surface area contributed by atoms with Gasteiger partial charge < -0.3 is 14.8 Å². The Balaban J connectivity index is 1.38. The first-order valence-corrected chi connectivity index (χ1v) is 10.7. The van der Waals surface area contributed by atoms with Crippen molar-refractivity contribution in [3.05, 3.63) is 0 Å². The van der Waals surface area contributed by atoms with Crippen molar-refractivity contribution in [3.63, 3.8) is 0 Å². The van der Waals surface area contributed by atoms with Crippen molar-refractivity contribution in [1.82, 2.24) is 5.32 Å². The molecule has 1 saturated heterocycles. The summed E-state index contributed by atoms with van der Waals surface area (Å²) in [7, 11) is -3.52. The van der Waals surface area contributed by atoms with Gasteiger partial charge in [-0.1, -0.05) is 20.8 Å². The van der Waals surface area contributed by atoms with Crippen LogP contribution in [0.4, 0.5) is 4.79 Å². The summed E-state index contributed by atoms with van der Waals surface area (Å²) in [6, 6.07) is 0. The summed E-state index contributed by atoms with van der Waals surface area (Å²) in [5.41, 5.74) is 0. The van der Waals surface area contributed by atoms with Crippen molar-refractivity contribution in [2.45, 2.75) is 57.5 Å². The zero-order valence-electron chi connectivity index (χ0n) is 15.3. The van der Waals surface area contributed by atoms with Gasteiger partial charge in [-0.2, -0.15) is 8.42 Å². The maximum Gasteiger partial charge on any atom is 0.407 e. The fourth-order valence-corrected chi connectivity index (χ4v) is 6.34. The highest BCUT2D eigenvalue weighted by Gasteiger charge is 2.65. The van der Waals surface area contributed by atoms with E-state index in [1.807, 2.05) is 20.8 Å². The van der Waals surface area contributed by atoms with Crippen LogP contribution in [-0.4, -0.2) is 51.1 Å². The van der Waals surface area contributed by atoms with Crippen LogP contribution < -0.4 is 5.32 Å². The molecule has 6 atom stereocenters. The van der Waals surface area contributed by atoms with Crippen molar-refractivity contribution in [2.24, 2.45) is 23.7 Å². The molecule has 3 rings (SSSR count). The first-order valence-electron chi connectivity index (χ1n) is 9.22. The van der Waals surface area contributed by atoms with E-state index in [1.54, 1.807) is 0 Å². The van der Waals surface area contributed by atoms with Gasteiger partial charge in [0.05, 0.1) is 17.7 Å². The molecular formula is C17H27NO7S. The lowest BCUT2D eigenvalue weighted by atomic mass is 9.94. The van der Waals surface area contributed by atoms with Crippen molar-refractivity contribution in [1.29, 1.82) is 0 Å². The minimum atomic E-state index is -3.52. The summed E-state index contributed by atoms with van der Waals surface area (Å²) >= 11 is 0. The average Bonchev–Trinajstić information content (AvgIpc) is 3.15. The molecule has 8 nitrogen and oxygen atoms in total. The fourth-order valence-electron chi connectivity index (χ4n) is 4.46. The number of hydrogen-bond acceptors (Lipinski definition) is 7. The van der Waals surface area contributed by atoms with Gasteiger partial charge in [0.15, 0.2) is 0 Å². The lowest BCUT2D eigenvalue weighted by molar-refractivity contribution is -0.148. The minimum absolute atomic E-state index is 0.0349. The van der Waals surface area contributed by atoms with Crippen molar-refractivity contribution in [2.75, 3.05) is 13.2 Å². The van der Waals surface area contributed by atoms with E-state index < -0.39 is 33.7 Å². The van der Waals surface area contributed by atoms with Gasteiger partial charge in [0.1, 0.15) is 18.8 Å². The Bertz CT molecular complexity index is 662. The van der Waals surface area contributed by atoms with Crippen LogP contribution in [0.2, 0.25) is 0 Å². The van der Waals surface area contributed by atoms with Crippen molar-refractivity contribution >= 4 is 22.2 Å². The second-order valence-electron chi connectivity index (χ2n) is 7.98. The molecule has 9 heteroatoms. The number of rotatable bonds is 7. The Hall–Kier alpha value is -1.35. The highest BCUT2D eigenvalue weighted by Crippen LogP contribution is 2.55. The van der Waals surface area contributed by atoms with E-state index in [9.17, 15) is 18.0 Å². The summed E-state index contributed by atoms with van der Waals surface area (Å²) in [5, 5.41) is 2.10. The SMILES string of the molecule is CC(C)CC(C)C(=O)OCCNC(=O)OC1C2CC3C(C2)S(=O)(=O)O[C@H]31. The fraction of sp³-hybridized carbons (Fsp3) is 0.882. The summed E-state index contributed by atoms with van der Waals surface area (Å²) in [5.74, 6) is -0.0736. The lowest BCUT2D eigenvalue weighted by Gasteiger charge is -2.24. The third kappa shape index (κ3) is 3.83. The van der Waals surface area contributed by atoms with Crippen LogP contribution in [0.1, 0.15) is 40.0 Å². The Morgan fingerprint density at radius 1 is 1.23 bits per heavy atom. The van der Waals surface area contributed by atoms with Gasteiger partial charge in [-0.15, -0.1) is 0 Å². The summed E-state index contributed by atoms with van der Waals surface area (Å²) in [6.45, 7) is 6.12. The molecule has 1 heterocycles. The molecule has 0 aromatic carbocycles. The van der Waals surface area contributed by atoms with Crippen LogP contribution in [0, 0.1) is 23.7 Å². The van der Waals surface area contributed by atoms with Crippen LogP contribution >= 0.6 is 0 Å². The molecule has 1 amide bonds. The summed E-state index contributed by atoms with van der Waals surface area (Å²) in [6.07, 6.45) is 0.249. The Kier molecular flexibility index (Phi) is 5.48. The van der Waals surface area contributed by atoms with E-state index in [1.165, 1.54) is 0 Å². The van der Waals surface area contributed by atoms with Gasteiger partial charge in [0.2, 0.25) is 0 Å². The second kappa shape index (κ2) is 7.34. The highest BCUT2D eigenvalue weighted by molar-refractivity contribution is 7.87. The molecule has 5 unspecified atom stereocenters. The van der Waals surface area contributed by atoms with E-state index in [0.29, 0.717) is 12.3 Å². The minimum Gasteiger partial charge on any atom is -0.464 e. The van der Waals surface area contributed by atoms with E-state index in [-0.39, 0.29) is 36.9 Å². The molecule has 2 saturated carbocycles. The molecule has 2 bridgehead atoms. The average molecular weight is 389 g/mol. The predicted octanol–water partition coefficient (Wildman–Crippen LogP) is 1.44. The van der Waals surface area contributed by atoms with Crippen molar-refractivity contribution in [3.8, 4) is 0 Å². The predicted molar refractivity (Wildman–Crippen MR) is 91.6 cm³/mol. The number of alkyl carbamates (subject to hydrolysis) is 1. The molecule has 0 aromatic heterocycles. The number of ether oxygens (including phenoxy) is 2. The molecule has 26 heavy (non-hydrogen) atoms. The van der Waals surface area contributed by atoms with Gasteiger partial charge >= 0.3 is 12.1 Å². The smallest absolute Gasteiger partial charge is 0.407 e. The zero-order valence-corrected chi connectivity index (χ0v) is 16.2. The maximum atomic E-state index is 12.0. The van der Waals surface area contributed by atoms with E-state index in [2.05, 4.69) is 5.32 Å². The molecule has 1 aliphatic heterocycles. The first-order chi connectivity index (χ1) is 12.2. The normalized spacial score (nSPS) is 34.7. The molecule has 0 aromatic rings. The number of esters is 1. The zero-order chi connectivity index (χ0) is 19.1. The summed E-state index contributed by atoms with van der Waals surface area (Å²) in [4.78, 5) is 23.8. The standard InChI is InChI=1S/C17H27NO7S/c1-9(2)6-10(3)16(19)23-5-4-18-17(20)24-14-11-7-12-13(8-11)26(21,22)25-15(12)14/h9-15H,4-8H2,1-3H3,(H,18,20)/t10?,11?,12?,13?,14?,15-/m1/s1. The van der Waals surface area contributed by atoms with Crippen LogP contribution in [0.3, 0.4) is 0 Å². The monoisotopic (exact) mass is 389 g/mol. The third-order valence-electron chi connectivity index (χ3n) is 5.50. The molecule has 0 radical (unpaired) electrons. The maximum absolute atomic E-state index is 12.0. The van der Waals surface area contributed by atoms with Crippen LogP contribution in [0.15, 0.2) is 0 Å². The first kappa shape index (κ1) is 19.4. The Morgan fingerprint density at radius 3 is 2.65 bits per heavy atom. The molecule has 3 fully saturated rings. The third-order valence-corrected chi connectivity index (χ3v) is 7.27. The number of fused-ring (bicyclic) bond motifs is 1. The molecule has 1 N–H and O–H groups in total. The van der Waals surface area contributed by atoms with Gasteiger partial charge in [-0.05, 0) is 25.2 Å². The Labute approximate surface area is 154 Å². The quantitative estimate of drug-likeness (QED) is 0.399. The number of amides is 1. The van der Waals surface area contributed by atoms with Gasteiger partial charge in [0, 0.05) is 11.8 Å². The van der Waals surface area contributed by atoms with E-state index in [0.717, 1.165) is 12.8 Å². The molecule has 2 aliphatic carbocycles. The van der Waals surface area contributed by atoms with Gasteiger partial charge in [-0.3, -0.25) is 8.98 Å². The highest BCUT2D eigenvalue weighted by atomic mass is 32.2. The van der Waals surface area contributed by atoms with Gasteiger partial charge in [-0.25, -0.2) is 4.79 Å². The number of carbonyl (C=O) groups is 2. The lowest BCUT2D eigenvalue weighted by Crippen LogP contribution is -2.40. The number of nitrogens with one attached hydrogen (secondary N) is 1. The number of hydrogen-bond donors (Lipinski definition) is 1. The topological polar surface area (TPSA) is 108 Å². The molecule has 3 aliphatic rings. The Morgan fingerprint density at radius 2 is 1.96 bits per heavy atom. The number of carbonyl (C=O) groups excluding carboxylic acids is 2. The molecule has 0 spiro atoms. The van der Waals surface area contributed by atoms with Crippen LogP contribution in [-0.2, 0) is 28.6 Å². The summed E-state index contributed by atoms with van der Waals surface area (Å²) < 4.78 is 39.4. The molecular weight excluding hydrogens is 362 g/mol. The van der Waals surface area contributed by atoms with Gasteiger partial charge in [0.25, 0.3) is 10.1 Å². The van der Waals surface area contributed by atoms with Crippen molar-refractivity contribution < 1.29 is 31.7 Å². The largest absolute Gasteiger partial charge is 0.464 e. The van der Waals surface area contributed by atoms with Crippen LogP contribution in [0.5, 0.6) is 0 Å².